The second kappa shape index (κ2) is 5.14. The lowest BCUT2D eigenvalue weighted by molar-refractivity contribution is -0.123. The minimum atomic E-state index is -0.859. The maximum Gasteiger partial charge on any atom is 0.220 e. The van der Waals surface area contributed by atoms with Gasteiger partial charge in [0, 0.05) is 0 Å². The van der Waals surface area contributed by atoms with Crippen LogP contribution in [0.15, 0.2) is 0 Å². The first kappa shape index (κ1) is 11.4. The molecule has 0 aliphatic heterocycles. The van der Waals surface area contributed by atoms with Crippen molar-refractivity contribution in [3.63, 3.8) is 0 Å². The molecular weight excluding hydrogens is 154 g/mol. The van der Waals surface area contributed by atoms with Crippen molar-refractivity contribution in [3.8, 4) is 0 Å². The molecule has 72 valence electrons. The Morgan fingerprint density at radius 1 is 1.50 bits per heavy atom. The average molecular weight is 173 g/mol. The van der Waals surface area contributed by atoms with Crippen LogP contribution < -0.4 is 5.73 Å². The molecule has 0 bridgehead atoms. The third kappa shape index (κ3) is 4.34. The van der Waals surface area contributed by atoms with E-state index in [1.807, 2.05) is 6.92 Å². The Kier molecular flexibility index (Phi) is 4.90. The monoisotopic (exact) mass is 173 g/mol. The second-order valence-electron chi connectivity index (χ2n) is 3.32. The maximum atomic E-state index is 10.6. The predicted octanol–water partition coefficient (Wildman–Crippen LogP) is 1.19. The van der Waals surface area contributed by atoms with Crippen molar-refractivity contribution >= 4 is 5.91 Å². The normalized spacial score (nSPS) is 15.6. The quantitative estimate of drug-likeness (QED) is 0.633. The summed E-state index contributed by atoms with van der Waals surface area (Å²) >= 11 is 0. The smallest absolute Gasteiger partial charge is 0.220 e. The molecule has 0 saturated carbocycles. The SMILES string of the molecule is CCCCC(O)(CC)CC(N)=O. The molecule has 3 nitrogen and oxygen atoms in total. The number of aliphatic hydroxyl groups is 1. The number of carbonyl (C=O) groups is 1. The van der Waals surface area contributed by atoms with E-state index in [0.29, 0.717) is 12.8 Å². The highest BCUT2D eigenvalue weighted by Crippen LogP contribution is 2.21. The molecule has 0 saturated heterocycles. The lowest BCUT2D eigenvalue weighted by Gasteiger charge is -2.24. The first-order chi connectivity index (χ1) is 5.54. The van der Waals surface area contributed by atoms with E-state index in [1.165, 1.54) is 0 Å². The van der Waals surface area contributed by atoms with Gasteiger partial charge in [0.2, 0.25) is 5.91 Å². The largest absolute Gasteiger partial charge is 0.389 e. The molecule has 0 aromatic heterocycles. The summed E-state index contributed by atoms with van der Waals surface area (Å²) in [6.45, 7) is 3.93. The maximum absolute atomic E-state index is 10.6. The Balaban J connectivity index is 3.95. The highest BCUT2D eigenvalue weighted by atomic mass is 16.3. The number of hydrogen-bond donors (Lipinski definition) is 2. The molecule has 0 fully saturated rings. The molecule has 0 radical (unpaired) electrons. The molecule has 0 aliphatic rings. The molecule has 3 N–H and O–H groups in total. The van der Waals surface area contributed by atoms with Gasteiger partial charge in [-0.15, -0.1) is 0 Å². The zero-order valence-corrected chi connectivity index (χ0v) is 7.97. The molecule has 1 unspecified atom stereocenters. The van der Waals surface area contributed by atoms with E-state index in [-0.39, 0.29) is 6.42 Å². The van der Waals surface area contributed by atoms with Crippen LogP contribution in [0.2, 0.25) is 0 Å². The lowest BCUT2D eigenvalue weighted by Crippen LogP contribution is -2.33. The number of primary amides is 1. The van der Waals surface area contributed by atoms with E-state index in [2.05, 4.69) is 6.92 Å². The molecule has 1 atom stereocenters. The molecule has 0 rings (SSSR count). The van der Waals surface area contributed by atoms with E-state index in [1.54, 1.807) is 0 Å². The van der Waals surface area contributed by atoms with Gasteiger partial charge >= 0.3 is 0 Å². The third-order valence-corrected chi connectivity index (χ3v) is 2.16. The number of unbranched alkanes of at least 4 members (excludes halogenated alkanes) is 1. The van der Waals surface area contributed by atoms with Gasteiger partial charge in [0.05, 0.1) is 12.0 Å². The van der Waals surface area contributed by atoms with Crippen LogP contribution in [0.25, 0.3) is 0 Å². The van der Waals surface area contributed by atoms with E-state index in [4.69, 9.17) is 5.73 Å². The Hall–Kier alpha value is -0.570. The Bertz CT molecular complexity index is 147. The molecule has 0 aromatic rings. The Labute approximate surface area is 74.0 Å². The van der Waals surface area contributed by atoms with E-state index in [0.717, 1.165) is 12.8 Å². The topological polar surface area (TPSA) is 63.3 Å². The third-order valence-electron chi connectivity index (χ3n) is 2.16. The van der Waals surface area contributed by atoms with Crippen LogP contribution in [-0.4, -0.2) is 16.6 Å². The van der Waals surface area contributed by atoms with Crippen LogP contribution >= 0.6 is 0 Å². The van der Waals surface area contributed by atoms with Crippen molar-refractivity contribution in [1.29, 1.82) is 0 Å². The first-order valence-electron chi connectivity index (χ1n) is 4.54. The van der Waals surface area contributed by atoms with E-state index < -0.39 is 11.5 Å². The molecule has 12 heavy (non-hydrogen) atoms. The zero-order valence-electron chi connectivity index (χ0n) is 7.97. The van der Waals surface area contributed by atoms with Gasteiger partial charge in [0.25, 0.3) is 0 Å². The summed E-state index contributed by atoms with van der Waals surface area (Å²) < 4.78 is 0. The zero-order chi connectivity index (χ0) is 9.61. The molecule has 0 spiro atoms. The van der Waals surface area contributed by atoms with Crippen molar-refractivity contribution in [3.05, 3.63) is 0 Å². The Morgan fingerprint density at radius 2 is 2.08 bits per heavy atom. The van der Waals surface area contributed by atoms with E-state index in [9.17, 15) is 9.90 Å². The summed E-state index contributed by atoms with van der Waals surface area (Å²) in [5, 5.41) is 9.82. The van der Waals surface area contributed by atoms with Crippen molar-refractivity contribution in [2.24, 2.45) is 5.73 Å². The average Bonchev–Trinajstić information content (AvgIpc) is 2.00. The van der Waals surface area contributed by atoms with Crippen LogP contribution in [0.1, 0.15) is 46.0 Å². The van der Waals surface area contributed by atoms with Crippen molar-refractivity contribution in [2.75, 3.05) is 0 Å². The van der Waals surface area contributed by atoms with Gasteiger partial charge in [-0.25, -0.2) is 0 Å². The highest BCUT2D eigenvalue weighted by molar-refractivity contribution is 5.74. The van der Waals surface area contributed by atoms with Gasteiger partial charge in [-0.2, -0.15) is 0 Å². The van der Waals surface area contributed by atoms with Gasteiger partial charge < -0.3 is 10.8 Å². The summed E-state index contributed by atoms with van der Waals surface area (Å²) in [4.78, 5) is 10.6. The molecule has 1 amide bonds. The number of rotatable bonds is 6. The van der Waals surface area contributed by atoms with E-state index >= 15 is 0 Å². The summed E-state index contributed by atoms with van der Waals surface area (Å²) in [6.07, 6.45) is 3.32. The minimum Gasteiger partial charge on any atom is -0.389 e. The fraction of sp³-hybridized carbons (Fsp3) is 0.889. The predicted molar refractivity (Wildman–Crippen MR) is 48.6 cm³/mol. The van der Waals surface area contributed by atoms with Crippen LogP contribution in [0.4, 0.5) is 0 Å². The van der Waals surface area contributed by atoms with Gasteiger partial charge in [-0.05, 0) is 12.8 Å². The number of amides is 1. The van der Waals surface area contributed by atoms with Gasteiger partial charge in [-0.3, -0.25) is 4.79 Å². The first-order valence-corrected chi connectivity index (χ1v) is 4.54. The van der Waals surface area contributed by atoms with Crippen LogP contribution in [-0.2, 0) is 4.79 Å². The molecule has 3 heteroatoms. The van der Waals surface area contributed by atoms with Crippen LogP contribution in [0.3, 0.4) is 0 Å². The summed E-state index contributed by atoms with van der Waals surface area (Å²) in [7, 11) is 0. The van der Waals surface area contributed by atoms with Crippen molar-refractivity contribution in [2.45, 2.75) is 51.6 Å². The summed E-state index contributed by atoms with van der Waals surface area (Å²) in [5.74, 6) is -0.421. The fourth-order valence-corrected chi connectivity index (χ4v) is 1.22. The summed E-state index contributed by atoms with van der Waals surface area (Å²) in [6, 6.07) is 0. The number of hydrogen-bond acceptors (Lipinski definition) is 2. The Morgan fingerprint density at radius 3 is 2.42 bits per heavy atom. The fourth-order valence-electron chi connectivity index (χ4n) is 1.22. The lowest BCUT2D eigenvalue weighted by atomic mass is 9.90. The number of nitrogens with two attached hydrogens (primary N) is 1. The minimum absolute atomic E-state index is 0.0868. The van der Waals surface area contributed by atoms with Gasteiger partial charge in [-0.1, -0.05) is 26.7 Å². The molecular formula is C9H19NO2. The van der Waals surface area contributed by atoms with Gasteiger partial charge in [0.15, 0.2) is 0 Å². The van der Waals surface area contributed by atoms with Gasteiger partial charge in [0.1, 0.15) is 0 Å². The number of carbonyl (C=O) groups excluding carboxylic acids is 1. The van der Waals surface area contributed by atoms with Crippen molar-refractivity contribution in [1.82, 2.24) is 0 Å². The van der Waals surface area contributed by atoms with Crippen molar-refractivity contribution < 1.29 is 9.90 Å². The second-order valence-corrected chi connectivity index (χ2v) is 3.32. The standard InChI is InChI=1S/C9H19NO2/c1-3-5-6-9(12,4-2)7-8(10)11/h12H,3-7H2,1-2H3,(H2,10,11). The van der Waals surface area contributed by atoms with Crippen LogP contribution in [0, 0.1) is 0 Å². The molecule has 0 heterocycles. The highest BCUT2D eigenvalue weighted by Gasteiger charge is 2.25. The summed E-state index contributed by atoms with van der Waals surface area (Å²) in [5.41, 5.74) is 4.17. The van der Waals surface area contributed by atoms with Crippen LogP contribution in [0.5, 0.6) is 0 Å². The molecule has 0 aromatic carbocycles. The molecule has 0 aliphatic carbocycles.